The van der Waals surface area contributed by atoms with Crippen molar-refractivity contribution in [3.05, 3.63) is 65.2 Å². The third-order valence-electron chi connectivity index (χ3n) is 7.23. The quantitative estimate of drug-likeness (QED) is 0.208. The Bertz CT molecular complexity index is 1280. The van der Waals surface area contributed by atoms with Gasteiger partial charge in [0.1, 0.15) is 15.5 Å². The van der Waals surface area contributed by atoms with E-state index in [1.165, 1.54) is 44.2 Å². The van der Waals surface area contributed by atoms with Gasteiger partial charge in [-0.1, -0.05) is 84.1 Å². The maximum atomic E-state index is 13.2. The lowest BCUT2D eigenvalue weighted by atomic mass is 9.89. The van der Waals surface area contributed by atoms with Gasteiger partial charge in [0, 0.05) is 0 Å². The molecular weight excluding hydrogens is 520 g/mol. The molecule has 8 heteroatoms. The summed E-state index contributed by atoms with van der Waals surface area (Å²) in [7, 11) is -8.66. The van der Waals surface area contributed by atoms with Crippen LogP contribution in [0.25, 0.3) is 0 Å². The van der Waals surface area contributed by atoms with Crippen LogP contribution in [0.3, 0.4) is 0 Å². The predicted molar refractivity (Wildman–Crippen MR) is 152 cm³/mol. The van der Waals surface area contributed by atoms with Crippen molar-refractivity contribution in [2.45, 2.75) is 113 Å². The summed E-state index contributed by atoms with van der Waals surface area (Å²) in [6.45, 7) is 7.12. The van der Waals surface area contributed by atoms with Crippen molar-refractivity contribution in [2.24, 2.45) is 0 Å². The van der Waals surface area contributed by atoms with Gasteiger partial charge in [0.05, 0.1) is 0 Å². The standard InChI is InChI=1S/C30H42O6S2/c1-22(2)28-20-26(21-29(23(3)4)30(28)37(31,32)33)36-38(34,35)27-18-16-25(17-19-27)24-14-12-10-8-6-5-7-9-11-13-15-24/h10,12,16-24H,5-9,11,13-15H2,1-4H3,(H,31,32,33)/b12-10-. The van der Waals surface area contributed by atoms with Crippen molar-refractivity contribution in [1.82, 2.24) is 0 Å². The van der Waals surface area contributed by atoms with Gasteiger partial charge >= 0.3 is 10.1 Å². The Balaban J connectivity index is 1.87. The fraction of sp³-hybridized carbons (Fsp3) is 0.533. The van der Waals surface area contributed by atoms with Gasteiger partial charge < -0.3 is 4.18 Å². The summed E-state index contributed by atoms with van der Waals surface area (Å²) >= 11 is 0. The van der Waals surface area contributed by atoms with Crippen molar-refractivity contribution in [2.75, 3.05) is 0 Å². The molecule has 0 radical (unpaired) electrons. The smallest absolute Gasteiger partial charge is 0.339 e. The van der Waals surface area contributed by atoms with Crippen molar-refractivity contribution in [3.63, 3.8) is 0 Å². The minimum Gasteiger partial charge on any atom is -0.379 e. The van der Waals surface area contributed by atoms with Gasteiger partial charge in [0.2, 0.25) is 0 Å². The van der Waals surface area contributed by atoms with Crippen LogP contribution in [0.2, 0.25) is 0 Å². The van der Waals surface area contributed by atoms with E-state index in [4.69, 9.17) is 4.18 Å². The molecule has 0 bridgehead atoms. The van der Waals surface area contributed by atoms with Crippen LogP contribution in [0.4, 0.5) is 0 Å². The Morgan fingerprint density at radius 1 is 0.789 bits per heavy atom. The summed E-state index contributed by atoms with van der Waals surface area (Å²) in [5.41, 5.74) is 1.75. The third kappa shape index (κ3) is 8.17. The molecule has 1 aliphatic rings. The van der Waals surface area contributed by atoms with E-state index in [1.54, 1.807) is 39.8 Å². The summed E-state index contributed by atoms with van der Waals surface area (Å²) in [4.78, 5) is -0.135. The Hall–Kier alpha value is -2.16. The fourth-order valence-electron chi connectivity index (χ4n) is 5.09. The van der Waals surface area contributed by atoms with E-state index in [0.717, 1.165) is 31.2 Å². The number of rotatable bonds is 7. The molecule has 210 valence electrons. The topological polar surface area (TPSA) is 97.7 Å². The van der Waals surface area contributed by atoms with Crippen molar-refractivity contribution in [1.29, 1.82) is 0 Å². The molecule has 6 nitrogen and oxygen atoms in total. The number of benzene rings is 2. The molecule has 3 rings (SSSR count). The second-order valence-corrected chi connectivity index (χ2v) is 13.8. The lowest BCUT2D eigenvalue weighted by Gasteiger charge is -2.20. The molecule has 1 N–H and O–H groups in total. The number of hydrogen-bond acceptors (Lipinski definition) is 5. The average molecular weight is 563 g/mol. The molecule has 1 atom stereocenters. The van der Waals surface area contributed by atoms with Gasteiger partial charge in [-0.2, -0.15) is 16.8 Å². The molecule has 0 heterocycles. The molecule has 0 saturated heterocycles. The van der Waals surface area contributed by atoms with E-state index in [-0.39, 0.29) is 27.4 Å². The van der Waals surface area contributed by atoms with E-state index in [0.29, 0.717) is 17.0 Å². The average Bonchev–Trinajstić information content (AvgIpc) is 2.83. The van der Waals surface area contributed by atoms with Crippen LogP contribution in [-0.4, -0.2) is 21.4 Å². The Labute approximate surface area is 229 Å². The zero-order valence-corrected chi connectivity index (χ0v) is 24.7. The van der Waals surface area contributed by atoms with Crippen LogP contribution in [0.1, 0.15) is 120 Å². The molecular formula is C30H42O6S2. The van der Waals surface area contributed by atoms with Gasteiger partial charge in [-0.05, 0) is 84.4 Å². The third-order valence-corrected chi connectivity index (χ3v) is 9.48. The fourth-order valence-corrected chi connectivity index (χ4v) is 7.19. The van der Waals surface area contributed by atoms with Crippen LogP contribution >= 0.6 is 0 Å². The molecule has 1 unspecified atom stereocenters. The number of allylic oxidation sites excluding steroid dienone is 2. The summed E-state index contributed by atoms with van der Waals surface area (Å²) < 4.78 is 66.1. The SMILES string of the molecule is CC(C)c1cc(OS(=O)(=O)c2ccc(C3C/C=C\CCCCCCCC3)cc2)cc(C(C)C)c1S(=O)(=O)O. The Morgan fingerprint density at radius 2 is 1.34 bits per heavy atom. The molecule has 2 aromatic rings. The highest BCUT2D eigenvalue weighted by Crippen LogP contribution is 2.36. The Kier molecular flexibility index (Phi) is 10.6. The molecule has 0 spiro atoms. The molecule has 2 aromatic carbocycles. The maximum absolute atomic E-state index is 13.2. The summed E-state index contributed by atoms with van der Waals surface area (Å²) in [6.07, 6.45) is 15.2. The first-order valence-corrected chi connectivity index (χ1v) is 16.6. The summed E-state index contributed by atoms with van der Waals surface area (Å²) in [6, 6.07) is 9.71. The lowest BCUT2D eigenvalue weighted by molar-refractivity contribution is 0.477. The monoisotopic (exact) mass is 562 g/mol. The highest BCUT2D eigenvalue weighted by atomic mass is 32.2. The van der Waals surface area contributed by atoms with Gasteiger partial charge in [-0.25, -0.2) is 0 Å². The maximum Gasteiger partial charge on any atom is 0.339 e. The molecule has 1 aliphatic carbocycles. The zero-order chi connectivity index (χ0) is 27.9. The molecule has 0 amide bonds. The minimum absolute atomic E-state index is 0.0262. The number of hydrogen-bond donors (Lipinski definition) is 1. The second-order valence-electron chi connectivity index (χ2n) is 10.9. The summed E-state index contributed by atoms with van der Waals surface area (Å²) in [5, 5.41) is 0. The predicted octanol–water partition coefficient (Wildman–Crippen LogP) is 8.11. The van der Waals surface area contributed by atoms with Crippen LogP contribution < -0.4 is 4.18 Å². The van der Waals surface area contributed by atoms with Crippen molar-refractivity contribution < 1.29 is 25.6 Å². The first-order chi connectivity index (χ1) is 17.9. The summed E-state index contributed by atoms with van der Waals surface area (Å²) in [5.74, 6) is -0.193. The highest BCUT2D eigenvalue weighted by Gasteiger charge is 2.27. The van der Waals surface area contributed by atoms with Gasteiger partial charge in [0.25, 0.3) is 10.1 Å². The first kappa shape index (κ1) is 30.4. The van der Waals surface area contributed by atoms with Crippen LogP contribution in [0.15, 0.2) is 58.3 Å². The van der Waals surface area contributed by atoms with E-state index in [1.807, 2.05) is 12.1 Å². The minimum atomic E-state index is -4.51. The van der Waals surface area contributed by atoms with E-state index >= 15 is 0 Å². The van der Waals surface area contributed by atoms with Gasteiger partial charge in [-0.3, -0.25) is 4.55 Å². The van der Waals surface area contributed by atoms with Crippen molar-refractivity contribution >= 4 is 20.2 Å². The second kappa shape index (κ2) is 13.3. The Morgan fingerprint density at radius 3 is 1.89 bits per heavy atom. The molecule has 38 heavy (non-hydrogen) atoms. The molecule has 0 aliphatic heterocycles. The van der Waals surface area contributed by atoms with E-state index in [9.17, 15) is 21.4 Å². The van der Waals surface area contributed by atoms with Gasteiger partial charge in [0.15, 0.2) is 0 Å². The highest BCUT2D eigenvalue weighted by molar-refractivity contribution is 7.87. The normalized spacial score (nSPS) is 19.1. The molecule has 0 saturated carbocycles. The van der Waals surface area contributed by atoms with Crippen LogP contribution in [0, 0.1) is 0 Å². The zero-order valence-electron chi connectivity index (χ0n) is 23.0. The van der Waals surface area contributed by atoms with Crippen LogP contribution in [-0.2, 0) is 20.2 Å². The molecule has 0 aromatic heterocycles. The van der Waals surface area contributed by atoms with E-state index in [2.05, 4.69) is 12.2 Å². The van der Waals surface area contributed by atoms with Crippen molar-refractivity contribution in [3.8, 4) is 5.75 Å². The first-order valence-electron chi connectivity index (χ1n) is 13.7. The van der Waals surface area contributed by atoms with E-state index < -0.39 is 20.2 Å². The molecule has 0 fully saturated rings. The van der Waals surface area contributed by atoms with Gasteiger partial charge in [-0.15, -0.1) is 0 Å². The van der Waals surface area contributed by atoms with Crippen LogP contribution in [0.5, 0.6) is 5.75 Å². The largest absolute Gasteiger partial charge is 0.379 e. The lowest BCUT2D eigenvalue weighted by Crippen LogP contribution is -2.14.